The van der Waals surface area contributed by atoms with Crippen LogP contribution < -0.4 is 5.32 Å². The second-order valence-electron chi connectivity index (χ2n) is 5.45. The molecule has 0 aromatic heterocycles. The van der Waals surface area contributed by atoms with Gasteiger partial charge < -0.3 is 0 Å². The van der Waals surface area contributed by atoms with Crippen LogP contribution in [0.1, 0.15) is 66.2 Å². The summed E-state index contributed by atoms with van der Waals surface area (Å²) in [6.07, 6.45) is 8.02. The van der Waals surface area contributed by atoms with Crippen molar-refractivity contribution in [1.82, 2.24) is 5.32 Å². The Balaban J connectivity index is 2.93. The zero-order valence-corrected chi connectivity index (χ0v) is 11.3. The van der Waals surface area contributed by atoms with Crippen LogP contribution in [0.25, 0.3) is 0 Å². The molecule has 91 valence electrons. The van der Waals surface area contributed by atoms with Gasteiger partial charge in [-0.15, -0.1) is 0 Å². The van der Waals surface area contributed by atoms with Crippen LogP contribution in [-0.2, 0) is 0 Å². The molecule has 0 aliphatic carbocycles. The van der Waals surface area contributed by atoms with Gasteiger partial charge in [0.15, 0.2) is 0 Å². The molecular formula is C14H30N. The maximum absolute atomic E-state index is 4.57. The molecule has 0 fully saturated rings. The summed E-state index contributed by atoms with van der Waals surface area (Å²) in [7, 11) is 0. The molecule has 0 amide bonds. The molecular weight excluding hydrogens is 182 g/mol. The van der Waals surface area contributed by atoms with Crippen LogP contribution in [0.5, 0.6) is 0 Å². The van der Waals surface area contributed by atoms with E-state index in [1.54, 1.807) is 0 Å². The molecule has 0 atom stereocenters. The van der Waals surface area contributed by atoms with E-state index in [1.165, 1.54) is 38.5 Å². The van der Waals surface area contributed by atoms with Crippen LogP contribution in [0.4, 0.5) is 0 Å². The number of rotatable bonds is 10. The van der Waals surface area contributed by atoms with Gasteiger partial charge in [0.1, 0.15) is 0 Å². The highest BCUT2D eigenvalue weighted by molar-refractivity contribution is 4.52. The van der Waals surface area contributed by atoms with Crippen molar-refractivity contribution >= 4 is 0 Å². The van der Waals surface area contributed by atoms with E-state index in [1.807, 2.05) is 0 Å². The van der Waals surface area contributed by atoms with Gasteiger partial charge in [-0.05, 0) is 24.7 Å². The molecule has 0 unspecified atom stereocenters. The molecule has 0 rings (SSSR count). The fraction of sp³-hybridized carbons (Fsp3) is 1.00. The van der Waals surface area contributed by atoms with Crippen molar-refractivity contribution in [2.24, 2.45) is 11.8 Å². The first-order valence-corrected chi connectivity index (χ1v) is 6.76. The number of hydrogen-bond donors (Lipinski definition) is 0. The Morgan fingerprint density at radius 3 is 1.40 bits per heavy atom. The minimum atomic E-state index is 0.857. The fourth-order valence-electron chi connectivity index (χ4n) is 1.66. The van der Waals surface area contributed by atoms with Crippen molar-refractivity contribution in [1.29, 1.82) is 0 Å². The SMILES string of the molecule is CC(C)CCCC[N]CCCCC(C)C. The van der Waals surface area contributed by atoms with Crippen LogP contribution in [0, 0.1) is 11.8 Å². The van der Waals surface area contributed by atoms with Crippen LogP contribution in [0.2, 0.25) is 0 Å². The summed E-state index contributed by atoms with van der Waals surface area (Å²) in [4.78, 5) is 0. The van der Waals surface area contributed by atoms with Crippen molar-refractivity contribution in [3.63, 3.8) is 0 Å². The zero-order valence-electron chi connectivity index (χ0n) is 11.3. The monoisotopic (exact) mass is 212 g/mol. The second-order valence-corrected chi connectivity index (χ2v) is 5.45. The maximum Gasteiger partial charge on any atom is 0.0133 e. The first kappa shape index (κ1) is 15.0. The Hall–Kier alpha value is -0.0400. The molecule has 0 aromatic carbocycles. The number of unbranched alkanes of at least 4 members (excludes halogenated alkanes) is 2. The largest absolute Gasteiger partial charge is 0.242 e. The summed E-state index contributed by atoms with van der Waals surface area (Å²) in [5.74, 6) is 1.71. The van der Waals surface area contributed by atoms with Gasteiger partial charge in [0.05, 0.1) is 0 Å². The summed E-state index contributed by atoms with van der Waals surface area (Å²) >= 11 is 0. The first-order valence-electron chi connectivity index (χ1n) is 6.76. The van der Waals surface area contributed by atoms with Crippen molar-refractivity contribution in [3.05, 3.63) is 0 Å². The third-order valence-electron chi connectivity index (χ3n) is 2.70. The van der Waals surface area contributed by atoms with Gasteiger partial charge in [-0.25, -0.2) is 5.32 Å². The highest BCUT2D eigenvalue weighted by atomic mass is 14.8. The minimum absolute atomic E-state index is 0.857. The molecule has 0 saturated heterocycles. The van der Waals surface area contributed by atoms with E-state index in [0.717, 1.165) is 24.9 Å². The second kappa shape index (κ2) is 10.5. The molecule has 0 heterocycles. The van der Waals surface area contributed by atoms with Gasteiger partial charge in [0.25, 0.3) is 0 Å². The van der Waals surface area contributed by atoms with Gasteiger partial charge in [0, 0.05) is 13.1 Å². The maximum atomic E-state index is 4.57. The third-order valence-corrected chi connectivity index (χ3v) is 2.70. The predicted molar refractivity (Wildman–Crippen MR) is 69.2 cm³/mol. The Kier molecular flexibility index (Phi) is 10.4. The van der Waals surface area contributed by atoms with E-state index in [4.69, 9.17) is 0 Å². The van der Waals surface area contributed by atoms with E-state index in [-0.39, 0.29) is 0 Å². The highest BCUT2D eigenvalue weighted by Gasteiger charge is 1.96. The highest BCUT2D eigenvalue weighted by Crippen LogP contribution is 2.06. The van der Waals surface area contributed by atoms with E-state index < -0.39 is 0 Å². The standard InChI is InChI=1S/C14H30N/c1-13(2)9-5-7-11-15-12-8-6-10-14(3)4/h13-14H,5-12H2,1-4H3. The molecule has 0 aliphatic rings. The molecule has 0 N–H and O–H groups in total. The van der Waals surface area contributed by atoms with Crippen LogP contribution in [0.3, 0.4) is 0 Å². The topological polar surface area (TPSA) is 14.1 Å². The quantitative estimate of drug-likeness (QED) is 0.481. The van der Waals surface area contributed by atoms with E-state index in [0.29, 0.717) is 0 Å². The lowest BCUT2D eigenvalue weighted by Crippen LogP contribution is -2.09. The van der Waals surface area contributed by atoms with Gasteiger partial charge in [-0.2, -0.15) is 0 Å². The van der Waals surface area contributed by atoms with Crippen molar-refractivity contribution in [2.45, 2.75) is 66.2 Å². The number of nitrogens with zero attached hydrogens (tertiary/aromatic N) is 1. The lowest BCUT2D eigenvalue weighted by molar-refractivity contribution is 0.495. The van der Waals surface area contributed by atoms with E-state index >= 15 is 0 Å². The summed E-state index contributed by atoms with van der Waals surface area (Å²) < 4.78 is 0. The van der Waals surface area contributed by atoms with Crippen molar-refractivity contribution in [3.8, 4) is 0 Å². The summed E-state index contributed by atoms with van der Waals surface area (Å²) in [6, 6.07) is 0. The molecule has 1 radical (unpaired) electrons. The van der Waals surface area contributed by atoms with Crippen LogP contribution in [0.15, 0.2) is 0 Å². The molecule has 15 heavy (non-hydrogen) atoms. The Morgan fingerprint density at radius 2 is 1.07 bits per heavy atom. The molecule has 0 aliphatic heterocycles. The molecule has 0 aromatic rings. The third kappa shape index (κ3) is 14.0. The van der Waals surface area contributed by atoms with Crippen LogP contribution >= 0.6 is 0 Å². The molecule has 0 spiro atoms. The molecule has 0 saturated carbocycles. The molecule has 1 heteroatoms. The lowest BCUT2D eigenvalue weighted by Gasteiger charge is -2.06. The normalized spacial score (nSPS) is 11.6. The molecule has 0 bridgehead atoms. The summed E-state index contributed by atoms with van der Waals surface area (Å²) in [5.41, 5.74) is 0. The lowest BCUT2D eigenvalue weighted by atomic mass is 10.1. The Morgan fingerprint density at radius 1 is 0.667 bits per heavy atom. The Bertz CT molecular complexity index is 105. The smallest absolute Gasteiger partial charge is 0.0133 e. The average Bonchev–Trinajstić information content (AvgIpc) is 2.14. The van der Waals surface area contributed by atoms with Crippen LogP contribution in [-0.4, -0.2) is 13.1 Å². The summed E-state index contributed by atoms with van der Waals surface area (Å²) in [5, 5.41) is 4.57. The molecule has 1 nitrogen and oxygen atoms in total. The van der Waals surface area contributed by atoms with E-state index in [9.17, 15) is 0 Å². The van der Waals surface area contributed by atoms with Gasteiger partial charge in [-0.3, -0.25) is 0 Å². The average molecular weight is 212 g/mol. The number of hydrogen-bond acceptors (Lipinski definition) is 0. The minimum Gasteiger partial charge on any atom is -0.242 e. The fourth-order valence-corrected chi connectivity index (χ4v) is 1.66. The van der Waals surface area contributed by atoms with Crippen molar-refractivity contribution in [2.75, 3.05) is 13.1 Å². The predicted octanol–water partition coefficient (Wildman–Crippen LogP) is 4.24. The zero-order chi connectivity index (χ0) is 11.5. The van der Waals surface area contributed by atoms with E-state index in [2.05, 4.69) is 33.0 Å². The van der Waals surface area contributed by atoms with Gasteiger partial charge in [0.2, 0.25) is 0 Å². The Labute approximate surface area is 97.0 Å². The van der Waals surface area contributed by atoms with Crippen molar-refractivity contribution < 1.29 is 0 Å². The first-order chi connectivity index (χ1) is 7.13. The summed E-state index contributed by atoms with van der Waals surface area (Å²) in [6.45, 7) is 11.4. The van der Waals surface area contributed by atoms with Gasteiger partial charge in [-0.1, -0.05) is 53.4 Å². The van der Waals surface area contributed by atoms with Gasteiger partial charge >= 0.3 is 0 Å².